The van der Waals surface area contributed by atoms with Gasteiger partial charge in [0.2, 0.25) is 0 Å². The number of nitriles is 1. The van der Waals surface area contributed by atoms with E-state index in [0.29, 0.717) is 24.1 Å². The number of aromatic nitrogens is 1. The molecule has 0 bridgehead atoms. The second-order valence-electron chi connectivity index (χ2n) is 6.34. The highest BCUT2D eigenvalue weighted by Crippen LogP contribution is 2.21. The fraction of sp³-hybridized carbons (Fsp3) is 0.143. The highest BCUT2D eigenvalue weighted by Gasteiger charge is 2.13. The number of nitro groups is 1. The highest BCUT2D eigenvalue weighted by atomic mass is 16.6. The van der Waals surface area contributed by atoms with E-state index in [4.69, 9.17) is 0 Å². The molecule has 7 heteroatoms. The lowest BCUT2D eigenvalue weighted by molar-refractivity contribution is -0.385. The van der Waals surface area contributed by atoms with Crippen molar-refractivity contribution in [2.24, 2.45) is 0 Å². The lowest BCUT2D eigenvalue weighted by Gasteiger charge is -2.04. The van der Waals surface area contributed by atoms with Gasteiger partial charge in [0.1, 0.15) is 11.6 Å². The van der Waals surface area contributed by atoms with E-state index in [1.807, 2.05) is 36.5 Å². The average molecular weight is 374 g/mol. The van der Waals surface area contributed by atoms with E-state index in [1.165, 1.54) is 12.1 Å². The van der Waals surface area contributed by atoms with Crippen LogP contribution in [0.2, 0.25) is 0 Å². The lowest BCUT2D eigenvalue weighted by atomic mass is 10.1. The molecule has 0 saturated heterocycles. The topological polar surface area (TPSA) is 112 Å². The molecule has 0 aliphatic heterocycles. The van der Waals surface area contributed by atoms with E-state index >= 15 is 0 Å². The van der Waals surface area contributed by atoms with Gasteiger partial charge in [-0.1, -0.05) is 30.3 Å². The van der Waals surface area contributed by atoms with Crippen LogP contribution in [-0.4, -0.2) is 22.4 Å². The number of hydrogen-bond acceptors (Lipinski definition) is 4. The molecule has 0 fully saturated rings. The Morgan fingerprint density at radius 2 is 2.11 bits per heavy atom. The molecule has 1 amide bonds. The molecule has 140 valence electrons. The normalized spacial score (nSPS) is 11.2. The van der Waals surface area contributed by atoms with E-state index < -0.39 is 10.8 Å². The standard InChI is InChI=1S/C21H18N4O3/c1-14-6-7-15(11-20(14)25(27)28)10-17(12-22)21(26)23-9-8-16-13-24-19-5-3-2-4-18(16)19/h2-7,10-11,13,24H,8-9H2,1H3,(H,23,26)/b17-10-. The van der Waals surface area contributed by atoms with Gasteiger partial charge in [0, 0.05) is 35.3 Å². The van der Waals surface area contributed by atoms with Crippen molar-refractivity contribution in [3.63, 3.8) is 0 Å². The number of hydrogen-bond donors (Lipinski definition) is 2. The van der Waals surface area contributed by atoms with Crippen LogP contribution in [-0.2, 0) is 11.2 Å². The first-order valence-electron chi connectivity index (χ1n) is 8.69. The van der Waals surface area contributed by atoms with Gasteiger partial charge in [-0.05, 0) is 36.6 Å². The fourth-order valence-corrected chi connectivity index (χ4v) is 2.97. The van der Waals surface area contributed by atoms with Gasteiger partial charge < -0.3 is 10.3 Å². The van der Waals surface area contributed by atoms with Crippen molar-refractivity contribution < 1.29 is 9.72 Å². The van der Waals surface area contributed by atoms with Crippen LogP contribution < -0.4 is 5.32 Å². The molecule has 2 N–H and O–H groups in total. The van der Waals surface area contributed by atoms with Crippen LogP contribution in [0, 0.1) is 28.4 Å². The number of aromatic amines is 1. The van der Waals surface area contributed by atoms with Crippen molar-refractivity contribution in [1.82, 2.24) is 10.3 Å². The fourth-order valence-electron chi connectivity index (χ4n) is 2.97. The number of amides is 1. The third kappa shape index (κ3) is 4.07. The van der Waals surface area contributed by atoms with Crippen molar-refractivity contribution in [3.05, 3.63) is 81.0 Å². The van der Waals surface area contributed by atoms with Gasteiger partial charge in [-0.25, -0.2) is 0 Å². The number of carbonyl (C=O) groups excluding carboxylic acids is 1. The van der Waals surface area contributed by atoms with E-state index in [0.717, 1.165) is 16.5 Å². The maximum Gasteiger partial charge on any atom is 0.272 e. The Morgan fingerprint density at radius 3 is 2.86 bits per heavy atom. The van der Waals surface area contributed by atoms with E-state index in [1.54, 1.807) is 19.1 Å². The van der Waals surface area contributed by atoms with Crippen molar-refractivity contribution in [2.45, 2.75) is 13.3 Å². The SMILES string of the molecule is Cc1ccc(/C=C(/C#N)C(=O)NCCc2c[nH]c3ccccc23)cc1[N+](=O)[O-]. The van der Waals surface area contributed by atoms with Gasteiger partial charge in [0.25, 0.3) is 11.6 Å². The summed E-state index contributed by atoms with van der Waals surface area (Å²) in [5.41, 5.74) is 2.90. The number of nitrogens with one attached hydrogen (secondary N) is 2. The van der Waals surface area contributed by atoms with Gasteiger partial charge in [0.05, 0.1) is 4.92 Å². The molecule has 7 nitrogen and oxygen atoms in total. The summed E-state index contributed by atoms with van der Waals surface area (Å²) in [5, 5.41) is 24.2. The van der Waals surface area contributed by atoms with Crippen LogP contribution in [0.3, 0.4) is 0 Å². The molecule has 1 aromatic heterocycles. The minimum absolute atomic E-state index is 0.0502. The molecule has 0 saturated carbocycles. The summed E-state index contributed by atoms with van der Waals surface area (Å²) in [5.74, 6) is -0.509. The molecule has 1 heterocycles. The molecule has 3 aromatic rings. The van der Waals surface area contributed by atoms with Crippen molar-refractivity contribution in [3.8, 4) is 6.07 Å². The first-order chi connectivity index (χ1) is 13.5. The molecular formula is C21H18N4O3. The molecule has 0 unspecified atom stereocenters. The van der Waals surface area contributed by atoms with Gasteiger partial charge in [-0.15, -0.1) is 0 Å². The zero-order valence-corrected chi connectivity index (χ0v) is 15.2. The first kappa shape index (κ1) is 18.9. The summed E-state index contributed by atoms with van der Waals surface area (Å²) in [6, 6.07) is 14.3. The predicted octanol–water partition coefficient (Wildman–Crippen LogP) is 3.65. The summed E-state index contributed by atoms with van der Waals surface area (Å²) in [6.45, 7) is 2.00. The second-order valence-corrected chi connectivity index (χ2v) is 6.34. The van der Waals surface area contributed by atoms with Gasteiger partial charge in [0.15, 0.2) is 0 Å². The largest absolute Gasteiger partial charge is 0.361 e. The smallest absolute Gasteiger partial charge is 0.272 e. The number of carbonyl (C=O) groups is 1. The molecule has 2 aromatic carbocycles. The second kappa shape index (κ2) is 8.18. The van der Waals surface area contributed by atoms with Crippen LogP contribution >= 0.6 is 0 Å². The maximum absolute atomic E-state index is 12.3. The highest BCUT2D eigenvalue weighted by molar-refractivity contribution is 6.01. The van der Waals surface area contributed by atoms with E-state index in [2.05, 4.69) is 10.3 Å². The molecular weight excluding hydrogens is 356 g/mol. The molecule has 0 radical (unpaired) electrons. The number of fused-ring (bicyclic) bond motifs is 1. The van der Waals surface area contributed by atoms with Crippen LogP contribution in [0.25, 0.3) is 17.0 Å². The Hall–Kier alpha value is -3.92. The molecule has 0 atom stereocenters. The van der Waals surface area contributed by atoms with Gasteiger partial charge >= 0.3 is 0 Å². The Balaban J connectivity index is 1.68. The van der Waals surface area contributed by atoms with Crippen molar-refractivity contribution >= 4 is 28.6 Å². The number of nitro benzene ring substituents is 1. The third-order valence-corrected chi connectivity index (χ3v) is 4.46. The Bertz CT molecular complexity index is 1120. The molecule has 0 aliphatic carbocycles. The molecule has 3 rings (SSSR count). The van der Waals surface area contributed by atoms with Crippen molar-refractivity contribution in [1.29, 1.82) is 5.26 Å². The van der Waals surface area contributed by atoms with Crippen LogP contribution in [0.5, 0.6) is 0 Å². The number of nitrogens with zero attached hydrogens (tertiary/aromatic N) is 2. The number of rotatable bonds is 6. The molecule has 0 spiro atoms. The lowest BCUT2D eigenvalue weighted by Crippen LogP contribution is -2.26. The van der Waals surface area contributed by atoms with E-state index in [-0.39, 0.29) is 11.3 Å². The number of H-pyrrole nitrogens is 1. The number of para-hydroxylation sites is 1. The minimum Gasteiger partial charge on any atom is -0.361 e. The summed E-state index contributed by atoms with van der Waals surface area (Å²) in [6.07, 6.45) is 3.88. The number of aryl methyl sites for hydroxylation is 1. The van der Waals surface area contributed by atoms with Crippen LogP contribution in [0.1, 0.15) is 16.7 Å². The Kier molecular flexibility index (Phi) is 5.51. The first-order valence-corrected chi connectivity index (χ1v) is 8.69. The summed E-state index contributed by atoms with van der Waals surface area (Å²) in [7, 11) is 0. The van der Waals surface area contributed by atoms with Crippen LogP contribution in [0.15, 0.2) is 54.2 Å². The maximum atomic E-state index is 12.3. The van der Waals surface area contributed by atoms with Crippen molar-refractivity contribution in [2.75, 3.05) is 6.54 Å². The summed E-state index contributed by atoms with van der Waals surface area (Å²) >= 11 is 0. The number of benzene rings is 2. The predicted molar refractivity (Wildman–Crippen MR) is 106 cm³/mol. The summed E-state index contributed by atoms with van der Waals surface area (Å²) in [4.78, 5) is 26.1. The molecule has 0 aliphatic rings. The van der Waals surface area contributed by atoms with Gasteiger partial charge in [-0.3, -0.25) is 14.9 Å². The Labute approximate surface area is 161 Å². The molecule has 28 heavy (non-hydrogen) atoms. The quantitative estimate of drug-likeness (QED) is 0.297. The monoisotopic (exact) mass is 374 g/mol. The zero-order chi connectivity index (χ0) is 20.1. The Morgan fingerprint density at radius 1 is 1.32 bits per heavy atom. The third-order valence-electron chi connectivity index (χ3n) is 4.46. The van der Waals surface area contributed by atoms with Crippen LogP contribution in [0.4, 0.5) is 5.69 Å². The zero-order valence-electron chi connectivity index (χ0n) is 15.2. The summed E-state index contributed by atoms with van der Waals surface area (Å²) < 4.78 is 0. The minimum atomic E-state index is -0.509. The van der Waals surface area contributed by atoms with E-state index in [9.17, 15) is 20.2 Å². The van der Waals surface area contributed by atoms with Gasteiger partial charge in [-0.2, -0.15) is 5.26 Å². The average Bonchev–Trinajstić information content (AvgIpc) is 3.10.